The van der Waals surface area contributed by atoms with Crippen molar-refractivity contribution in [3.8, 4) is 0 Å². The van der Waals surface area contributed by atoms with E-state index in [0.717, 1.165) is 38.0 Å². The van der Waals surface area contributed by atoms with Crippen molar-refractivity contribution in [3.63, 3.8) is 0 Å². The predicted octanol–water partition coefficient (Wildman–Crippen LogP) is 0.707. The molecule has 0 atom stereocenters. The minimum absolute atomic E-state index is 0.0593. The highest BCUT2D eigenvalue weighted by molar-refractivity contribution is 7.90. The minimum Gasteiger partial charge on any atom is -0.381 e. The van der Waals surface area contributed by atoms with E-state index >= 15 is 0 Å². The first-order valence-electron chi connectivity index (χ1n) is 4.90. The maximum absolute atomic E-state index is 11.2. The van der Waals surface area contributed by atoms with Crippen molar-refractivity contribution in [2.75, 3.05) is 19.5 Å². The summed E-state index contributed by atoms with van der Waals surface area (Å²) in [5.74, 6) is 0.349. The van der Waals surface area contributed by atoms with Crippen molar-refractivity contribution in [2.24, 2.45) is 0 Å². The molecule has 1 aliphatic heterocycles. The highest BCUT2D eigenvalue weighted by Gasteiger charge is 2.20. The molecule has 6 heteroatoms. The Hall–Kier alpha value is -0.880. The van der Waals surface area contributed by atoms with E-state index in [4.69, 9.17) is 4.74 Å². The van der Waals surface area contributed by atoms with E-state index in [1.54, 1.807) is 6.20 Å². The number of hydrogen-bond donors (Lipinski definition) is 1. The fourth-order valence-corrected chi connectivity index (χ4v) is 2.27. The van der Waals surface area contributed by atoms with E-state index < -0.39 is 9.84 Å². The summed E-state index contributed by atoms with van der Waals surface area (Å²) in [6.07, 6.45) is 4.61. The number of H-pyrrole nitrogens is 1. The zero-order valence-corrected chi connectivity index (χ0v) is 9.38. The third-order valence-corrected chi connectivity index (χ3v) is 3.49. The predicted molar refractivity (Wildman–Crippen MR) is 54.5 cm³/mol. The zero-order valence-electron chi connectivity index (χ0n) is 8.56. The molecule has 1 saturated heterocycles. The van der Waals surface area contributed by atoms with Crippen molar-refractivity contribution in [3.05, 3.63) is 11.9 Å². The lowest BCUT2D eigenvalue weighted by Crippen LogP contribution is -2.14. The number of nitrogens with zero attached hydrogens (tertiary/aromatic N) is 1. The molecule has 0 unspecified atom stereocenters. The topological polar surface area (TPSA) is 72.1 Å². The number of nitrogens with one attached hydrogen (secondary N) is 1. The second kappa shape index (κ2) is 3.94. The lowest BCUT2D eigenvalue weighted by molar-refractivity contribution is 0.0845. The lowest BCUT2D eigenvalue weighted by Gasteiger charge is -2.20. The van der Waals surface area contributed by atoms with Gasteiger partial charge < -0.3 is 9.72 Å². The number of imidazole rings is 1. The summed E-state index contributed by atoms with van der Waals surface area (Å²) >= 11 is 0. The van der Waals surface area contributed by atoms with Crippen LogP contribution < -0.4 is 0 Å². The molecule has 0 radical (unpaired) electrons. The van der Waals surface area contributed by atoms with Crippen molar-refractivity contribution >= 4 is 9.84 Å². The summed E-state index contributed by atoms with van der Waals surface area (Å²) in [4.78, 5) is 6.75. The molecule has 1 N–H and O–H groups in total. The van der Waals surface area contributed by atoms with Gasteiger partial charge in [-0.2, -0.15) is 0 Å². The van der Waals surface area contributed by atoms with Crippen LogP contribution in [0.1, 0.15) is 24.5 Å². The van der Waals surface area contributed by atoms with Gasteiger partial charge >= 0.3 is 0 Å². The van der Waals surface area contributed by atoms with E-state index in [-0.39, 0.29) is 5.16 Å². The molecule has 0 aromatic carbocycles. The van der Waals surface area contributed by atoms with Crippen molar-refractivity contribution in [1.29, 1.82) is 0 Å². The third kappa shape index (κ3) is 2.38. The Balaban J connectivity index is 2.19. The van der Waals surface area contributed by atoms with Crippen LogP contribution in [0.2, 0.25) is 0 Å². The third-order valence-electron chi connectivity index (χ3n) is 2.58. The van der Waals surface area contributed by atoms with Crippen LogP contribution in [0.3, 0.4) is 0 Å². The molecule has 1 aliphatic rings. The minimum atomic E-state index is -3.22. The summed E-state index contributed by atoms with van der Waals surface area (Å²) in [7, 11) is -3.22. The van der Waals surface area contributed by atoms with Crippen molar-refractivity contribution in [2.45, 2.75) is 23.9 Å². The summed E-state index contributed by atoms with van der Waals surface area (Å²) < 4.78 is 27.7. The summed E-state index contributed by atoms with van der Waals surface area (Å²) in [5, 5.41) is 0.0593. The second-order valence-corrected chi connectivity index (χ2v) is 5.73. The van der Waals surface area contributed by atoms with Crippen molar-refractivity contribution < 1.29 is 13.2 Å². The molecule has 1 aromatic heterocycles. The van der Waals surface area contributed by atoms with E-state index in [0.29, 0.717) is 5.92 Å². The van der Waals surface area contributed by atoms with Crippen LogP contribution in [0.5, 0.6) is 0 Å². The quantitative estimate of drug-likeness (QED) is 0.812. The van der Waals surface area contributed by atoms with Gasteiger partial charge in [0.2, 0.25) is 15.0 Å². The Morgan fingerprint density at radius 2 is 2.13 bits per heavy atom. The monoisotopic (exact) mass is 230 g/mol. The Labute approximate surface area is 88.8 Å². The number of aromatic amines is 1. The highest BCUT2D eigenvalue weighted by atomic mass is 32.2. The van der Waals surface area contributed by atoms with Crippen LogP contribution in [0, 0.1) is 0 Å². The maximum Gasteiger partial charge on any atom is 0.224 e. The molecule has 0 spiro atoms. The van der Waals surface area contributed by atoms with Crippen molar-refractivity contribution in [1.82, 2.24) is 9.97 Å². The van der Waals surface area contributed by atoms with Crippen LogP contribution >= 0.6 is 0 Å². The van der Waals surface area contributed by atoms with E-state index in [2.05, 4.69) is 9.97 Å². The molecule has 2 rings (SSSR count). The maximum atomic E-state index is 11.2. The van der Waals surface area contributed by atoms with Crippen LogP contribution in [0.25, 0.3) is 0 Å². The van der Waals surface area contributed by atoms with Gasteiger partial charge in [-0.1, -0.05) is 0 Å². The Morgan fingerprint density at radius 1 is 1.47 bits per heavy atom. The smallest absolute Gasteiger partial charge is 0.224 e. The van der Waals surface area contributed by atoms with Gasteiger partial charge in [-0.3, -0.25) is 0 Å². The summed E-state index contributed by atoms with van der Waals surface area (Å²) in [5.41, 5.74) is 0.902. The largest absolute Gasteiger partial charge is 0.381 e. The standard InChI is InChI=1S/C9H14N2O3S/c1-15(12,13)9-10-6-8(11-9)7-2-4-14-5-3-7/h6-7H,2-5H2,1H3,(H,10,11). The van der Waals surface area contributed by atoms with Gasteiger partial charge in [-0.05, 0) is 12.8 Å². The molecule has 0 bridgehead atoms. The van der Waals surface area contributed by atoms with Gasteiger partial charge in [0.1, 0.15) is 0 Å². The number of rotatable bonds is 2. The van der Waals surface area contributed by atoms with Gasteiger partial charge in [-0.25, -0.2) is 13.4 Å². The van der Waals surface area contributed by atoms with Gasteiger partial charge in [0, 0.05) is 37.3 Å². The van der Waals surface area contributed by atoms with Gasteiger partial charge in [0.15, 0.2) is 0 Å². The Bertz CT molecular complexity index is 432. The first-order chi connectivity index (χ1) is 7.07. The van der Waals surface area contributed by atoms with Crippen LogP contribution in [0.4, 0.5) is 0 Å². The fourth-order valence-electron chi connectivity index (χ4n) is 1.72. The Kier molecular flexibility index (Phi) is 2.79. The number of sulfone groups is 1. The molecular formula is C9H14N2O3S. The number of aromatic nitrogens is 2. The van der Waals surface area contributed by atoms with Crippen LogP contribution in [-0.4, -0.2) is 37.9 Å². The first kappa shape index (κ1) is 10.6. The van der Waals surface area contributed by atoms with Gasteiger partial charge in [0.25, 0.3) is 0 Å². The summed E-state index contributed by atoms with van der Waals surface area (Å²) in [6.45, 7) is 1.47. The lowest BCUT2D eigenvalue weighted by atomic mass is 9.97. The van der Waals surface area contributed by atoms with Gasteiger partial charge in [-0.15, -0.1) is 0 Å². The molecule has 0 amide bonds. The number of ether oxygens (including phenoxy) is 1. The average Bonchev–Trinajstić information content (AvgIpc) is 2.67. The molecular weight excluding hydrogens is 216 g/mol. The Morgan fingerprint density at radius 3 is 2.67 bits per heavy atom. The molecule has 1 aromatic rings. The molecule has 1 fully saturated rings. The second-order valence-electron chi connectivity index (χ2n) is 3.80. The highest BCUT2D eigenvalue weighted by Crippen LogP contribution is 2.25. The first-order valence-corrected chi connectivity index (χ1v) is 6.79. The SMILES string of the molecule is CS(=O)(=O)c1ncc(C2CCOCC2)[nH]1. The van der Waals surface area contributed by atoms with Crippen LogP contribution in [-0.2, 0) is 14.6 Å². The normalized spacial score (nSPS) is 19.3. The molecule has 84 valence electrons. The molecule has 5 nitrogen and oxygen atoms in total. The molecule has 15 heavy (non-hydrogen) atoms. The van der Waals surface area contributed by atoms with E-state index in [1.807, 2.05) is 0 Å². The molecule has 2 heterocycles. The van der Waals surface area contributed by atoms with Crippen LogP contribution in [0.15, 0.2) is 11.4 Å². The average molecular weight is 230 g/mol. The van der Waals surface area contributed by atoms with Gasteiger partial charge in [0.05, 0.1) is 0 Å². The number of hydrogen-bond acceptors (Lipinski definition) is 4. The molecule has 0 aliphatic carbocycles. The fraction of sp³-hybridized carbons (Fsp3) is 0.667. The molecule has 0 saturated carbocycles. The zero-order chi connectivity index (χ0) is 10.9. The van der Waals surface area contributed by atoms with E-state index in [9.17, 15) is 8.42 Å². The summed E-state index contributed by atoms with van der Waals surface area (Å²) in [6, 6.07) is 0. The van der Waals surface area contributed by atoms with E-state index in [1.165, 1.54) is 0 Å².